The number of fused-ring (bicyclic) bond motifs is 5. The van der Waals surface area contributed by atoms with Crippen molar-refractivity contribution in [2.24, 2.45) is 0 Å². The van der Waals surface area contributed by atoms with E-state index in [-0.39, 0.29) is 35.6 Å². The fourth-order valence-electron chi connectivity index (χ4n) is 8.80. The summed E-state index contributed by atoms with van der Waals surface area (Å²) in [6.07, 6.45) is 5.89. The highest BCUT2D eigenvalue weighted by atomic mass is 32.1. The molecule has 0 radical (unpaired) electrons. The van der Waals surface area contributed by atoms with Crippen molar-refractivity contribution in [1.82, 2.24) is 25.4 Å². The Balaban J connectivity index is 1.11. The summed E-state index contributed by atoms with van der Waals surface area (Å²) in [6.45, 7) is 1.05. The van der Waals surface area contributed by atoms with Crippen LogP contribution in [0.1, 0.15) is 71.0 Å². The number of benzene rings is 2. The number of allylic oxidation sites excluding steroid dienone is 2. The Kier molecular flexibility index (Phi) is 6.89. The molecule has 51 heavy (non-hydrogen) atoms. The lowest BCUT2D eigenvalue weighted by atomic mass is 9.81. The standard InChI is InChI=1S/C38H33FN6O5S/c1-48-27-6-2-4-22-23(27)9-10-24(22)42-35-34-18(11-12-40-35)15-29(51-34)31-30(36-43-44-38(47)50-36)25(14-19-17-49-28-16-20(39)7-8-21(19)28)41-33-26-5-3-13-45(26)37(46)32(31)33/h2,4,6-8,11-12,15-16,19,24,26,31,41H,3,5,9-10,13-14,17H2,1H3,(H,40,42)(H,44,47)/t19-,24+,26-,31?/m0/s1. The molecule has 0 spiro atoms. The zero-order valence-electron chi connectivity index (χ0n) is 27.6. The van der Waals surface area contributed by atoms with E-state index in [4.69, 9.17) is 18.9 Å². The van der Waals surface area contributed by atoms with E-state index < -0.39 is 11.7 Å². The fraction of sp³-hybridized carbons (Fsp3) is 0.316. The third-order valence-corrected chi connectivity index (χ3v) is 12.2. The number of nitrogens with one attached hydrogen (secondary N) is 3. The summed E-state index contributed by atoms with van der Waals surface area (Å²) in [5, 5.41) is 15.2. The van der Waals surface area contributed by atoms with Crippen LogP contribution in [-0.2, 0) is 11.2 Å². The smallest absolute Gasteiger partial charge is 0.434 e. The molecule has 2 aromatic carbocycles. The monoisotopic (exact) mass is 704 g/mol. The van der Waals surface area contributed by atoms with Gasteiger partial charge in [-0.25, -0.2) is 19.3 Å². The van der Waals surface area contributed by atoms with Gasteiger partial charge in [0.1, 0.15) is 23.1 Å². The van der Waals surface area contributed by atoms with E-state index in [1.165, 1.54) is 23.3 Å². The molecule has 1 aliphatic carbocycles. The number of carbonyl (C=O) groups excluding carboxylic acids is 1. The predicted octanol–water partition coefficient (Wildman–Crippen LogP) is 6.14. The second-order valence-corrected chi connectivity index (χ2v) is 14.8. The van der Waals surface area contributed by atoms with Crippen molar-refractivity contribution in [1.29, 1.82) is 0 Å². The summed E-state index contributed by atoms with van der Waals surface area (Å²) in [7, 11) is 1.70. The topological polar surface area (TPSA) is 135 Å². The summed E-state index contributed by atoms with van der Waals surface area (Å²) in [5.74, 6) is 0.619. The zero-order valence-corrected chi connectivity index (χ0v) is 28.4. The highest BCUT2D eigenvalue weighted by Crippen LogP contribution is 2.53. The number of halogens is 1. The van der Waals surface area contributed by atoms with Crippen LogP contribution >= 0.6 is 11.3 Å². The number of rotatable bonds is 7. The van der Waals surface area contributed by atoms with Crippen molar-refractivity contribution in [3.63, 3.8) is 0 Å². The van der Waals surface area contributed by atoms with Crippen LogP contribution in [0.5, 0.6) is 11.5 Å². The first-order valence-electron chi connectivity index (χ1n) is 17.3. The van der Waals surface area contributed by atoms with Crippen LogP contribution in [0.3, 0.4) is 0 Å². The summed E-state index contributed by atoms with van der Waals surface area (Å²) < 4.78 is 32.3. The highest BCUT2D eigenvalue weighted by Gasteiger charge is 2.50. The van der Waals surface area contributed by atoms with Crippen LogP contribution in [-0.4, -0.2) is 52.3 Å². The van der Waals surface area contributed by atoms with Crippen molar-refractivity contribution >= 4 is 38.7 Å². The van der Waals surface area contributed by atoms with Gasteiger partial charge in [0.25, 0.3) is 5.91 Å². The maximum atomic E-state index is 14.3. The van der Waals surface area contributed by atoms with E-state index in [0.717, 1.165) is 69.2 Å². The Morgan fingerprint density at radius 2 is 2.04 bits per heavy atom. The normalized spacial score (nSPS) is 23.3. The van der Waals surface area contributed by atoms with Gasteiger partial charge in [0.15, 0.2) is 0 Å². The molecule has 3 aromatic heterocycles. The minimum atomic E-state index is -0.681. The molecule has 3 N–H and O–H groups in total. The van der Waals surface area contributed by atoms with Gasteiger partial charge in [0.05, 0.1) is 42.0 Å². The second kappa shape index (κ2) is 11.6. The molecule has 4 atom stereocenters. The maximum absolute atomic E-state index is 14.3. The minimum absolute atomic E-state index is 0.0186. The lowest BCUT2D eigenvalue weighted by Crippen LogP contribution is -2.32. The summed E-state index contributed by atoms with van der Waals surface area (Å²) >= 11 is 1.58. The van der Waals surface area contributed by atoms with Gasteiger partial charge in [-0.3, -0.25) is 4.79 Å². The second-order valence-electron chi connectivity index (χ2n) is 13.7. The van der Waals surface area contributed by atoms with Crippen LogP contribution in [0, 0.1) is 5.82 Å². The summed E-state index contributed by atoms with van der Waals surface area (Å²) in [5.41, 5.74) is 6.30. The predicted molar refractivity (Wildman–Crippen MR) is 188 cm³/mol. The number of aromatic nitrogens is 3. The van der Waals surface area contributed by atoms with Crippen molar-refractivity contribution in [2.45, 2.75) is 56.0 Å². The first kappa shape index (κ1) is 30.4. The zero-order chi connectivity index (χ0) is 34.4. The largest absolute Gasteiger partial charge is 0.496 e. The SMILES string of the molecule is COc1cccc2c1CC[C@H]2Nc1nccc2cc(C3C4=C(NC(C[C@H]5COc6cc(F)ccc65)=C3c3n[nH]c(=O)o3)[C@@H]3CCCN3C4=O)sc12. The number of hydrogen-bond donors (Lipinski definition) is 3. The number of aromatic amines is 1. The van der Waals surface area contributed by atoms with Gasteiger partial charge in [-0.2, -0.15) is 0 Å². The van der Waals surface area contributed by atoms with Crippen molar-refractivity contribution < 1.29 is 23.1 Å². The molecule has 4 aliphatic heterocycles. The van der Waals surface area contributed by atoms with E-state index in [2.05, 4.69) is 33.0 Å². The van der Waals surface area contributed by atoms with Gasteiger partial charge >= 0.3 is 5.76 Å². The van der Waals surface area contributed by atoms with E-state index in [0.29, 0.717) is 36.5 Å². The lowest BCUT2D eigenvalue weighted by Gasteiger charge is -2.30. The van der Waals surface area contributed by atoms with Crippen molar-refractivity contribution in [2.75, 3.05) is 25.6 Å². The third-order valence-electron chi connectivity index (χ3n) is 11.0. The molecular weight excluding hydrogens is 672 g/mol. The number of dihydropyridines is 1. The molecule has 1 unspecified atom stereocenters. The number of ether oxygens (including phenoxy) is 2. The Hall–Kier alpha value is -5.43. The molecule has 1 saturated heterocycles. The molecule has 0 bridgehead atoms. The molecule has 10 rings (SSSR count). The average Bonchev–Trinajstić information content (AvgIpc) is 3.99. The van der Waals surface area contributed by atoms with Crippen LogP contribution in [0.15, 0.2) is 80.9 Å². The van der Waals surface area contributed by atoms with Crippen LogP contribution in [0.2, 0.25) is 0 Å². The number of pyridine rings is 1. The molecule has 5 aliphatic rings. The molecule has 5 aromatic rings. The van der Waals surface area contributed by atoms with Gasteiger partial charge < -0.3 is 29.4 Å². The number of hydrogen-bond acceptors (Lipinski definition) is 10. The number of anilines is 1. The molecule has 13 heteroatoms. The molecular formula is C38H33FN6O5S. The molecule has 11 nitrogen and oxygen atoms in total. The number of thiophene rings is 1. The molecule has 1 amide bonds. The molecule has 0 saturated carbocycles. The number of nitrogens with zero attached hydrogens (tertiary/aromatic N) is 3. The van der Waals surface area contributed by atoms with Gasteiger partial charge in [0, 0.05) is 52.1 Å². The van der Waals surface area contributed by atoms with E-state index >= 15 is 0 Å². The fourth-order valence-corrected chi connectivity index (χ4v) is 10.0. The summed E-state index contributed by atoms with van der Waals surface area (Å²) in [4.78, 5) is 34.4. The first-order chi connectivity index (χ1) is 24.9. The van der Waals surface area contributed by atoms with Gasteiger partial charge in [-0.15, -0.1) is 16.4 Å². The number of carbonyl (C=O) groups is 1. The van der Waals surface area contributed by atoms with E-state index in [1.807, 2.05) is 29.3 Å². The van der Waals surface area contributed by atoms with Gasteiger partial charge in [0.2, 0.25) is 5.89 Å². The molecule has 258 valence electrons. The Morgan fingerprint density at radius 3 is 2.90 bits per heavy atom. The van der Waals surface area contributed by atoms with Gasteiger partial charge in [-0.1, -0.05) is 18.2 Å². The van der Waals surface area contributed by atoms with Crippen LogP contribution < -0.4 is 25.9 Å². The van der Waals surface area contributed by atoms with Crippen molar-refractivity contribution in [3.05, 3.63) is 116 Å². The average molecular weight is 705 g/mol. The van der Waals surface area contributed by atoms with E-state index in [1.54, 1.807) is 24.5 Å². The van der Waals surface area contributed by atoms with E-state index in [9.17, 15) is 14.0 Å². The van der Waals surface area contributed by atoms with Crippen LogP contribution in [0.25, 0.3) is 15.7 Å². The minimum Gasteiger partial charge on any atom is -0.496 e. The number of amides is 1. The Morgan fingerprint density at radius 1 is 1.12 bits per heavy atom. The number of H-pyrrole nitrogens is 1. The Bertz CT molecular complexity index is 2390. The molecule has 7 heterocycles. The van der Waals surface area contributed by atoms with Crippen LogP contribution in [0.4, 0.5) is 10.2 Å². The first-order valence-corrected chi connectivity index (χ1v) is 18.1. The quantitative estimate of drug-likeness (QED) is 0.183. The third kappa shape index (κ3) is 4.74. The molecule has 1 fully saturated rings. The maximum Gasteiger partial charge on any atom is 0.434 e. The Labute approximate surface area is 295 Å². The van der Waals surface area contributed by atoms with Crippen molar-refractivity contribution in [3.8, 4) is 11.5 Å². The highest BCUT2D eigenvalue weighted by molar-refractivity contribution is 7.19. The number of methoxy groups -OCH3 is 1. The lowest BCUT2D eigenvalue weighted by molar-refractivity contribution is -0.126. The summed E-state index contributed by atoms with van der Waals surface area (Å²) in [6, 6.07) is 14.9. The van der Waals surface area contributed by atoms with Gasteiger partial charge in [-0.05, 0) is 72.9 Å².